The largest absolute Gasteiger partial charge is 0.345 e. The molecule has 0 bridgehead atoms. The number of carbonyl (C=O) groups excluding carboxylic acids is 1. The Morgan fingerprint density at radius 3 is 2.76 bits per heavy atom. The lowest BCUT2D eigenvalue weighted by Gasteiger charge is -2.07. The van der Waals surface area contributed by atoms with Crippen LogP contribution in [0.25, 0.3) is 0 Å². The Hall–Kier alpha value is -1.25. The highest BCUT2D eigenvalue weighted by molar-refractivity contribution is 6.35. The van der Waals surface area contributed by atoms with Crippen LogP contribution < -0.4 is 0 Å². The van der Waals surface area contributed by atoms with Crippen LogP contribution in [0.2, 0.25) is 10.0 Å². The fourth-order valence-electron chi connectivity index (χ4n) is 1.70. The number of benzene rings is 1. The fourth-order valence-corrected chi connectivity index (χ4v) is 2.21. The molecule has 2 nitrogen and oxygen atoms in total. The molecular weight excluding hydrogens is 257 g/mol. The molecule has 0 aliphatic carbocycles. The van der Waals surface area contributed by atoms with Gasteiger partial charge in [-0.3, -0.25) is 4.79 Å². The zero-order valence-electron chi connectivity index (χ0n) is 9.07. The molecule has 2 aromatic rings. The molecule has 0 N–H and O–H groups in total. The molecule has 0 aliphatic heterocycles. The molecule has 0 aliphatic rings. The van der Waals surface area contributed by atoms with Gasteiger partial charge in [-0.05, 0) is 36.2 Å². The molecule has 17 heavy (non-hydrogen) atoms. The number of carbonyl (C=O) groups is 1. The number of hydrogen-bond acceptors (Lipinski definition) is 1. The average molecular weight is 268 g/mol. The minimum Gasteiger partial charge on any atom is -0.345 e. The van der Waals surface area contributed by atoms with Gasteiger partial charge in [0.1, 0.15) is 0 Å². The number of halogens is 2. The third-order valence-electron chi connectivity index (χ3n) is 2.62. The van der Waals surface area contributed by atoms with Crippen molar-refractivity contribution < 1.29 is 4.79 Å². The molecule has 1 aromatic heterocycles. The van der Waals surface area contributed by atoms with Gasteiger partial charge in [-0.15, -0.1) is 0 Å². The van der Waals surface area contributed by atoms with E-state index in [0.717, 1.165) is 24.8 Å². The molecule has 88 valence electrons. The summed E-state index contributed by atoms with van der Waals surface area (Å²) in [6.07, 6.45) is 3.50. The maximum Gasteiger partial charge on any atom is 0.166 e. The van der Waals surface area contributed by atoms with E-state index in [1.165, 1.54) is 0 Å². The predicted octanol–water partition coefficient (Wildman–Crippen LogP) is 3.85. The van der Waals surface area contributed by atoms with Crippen molar-refractivity contribution in [1.82, 2.24) is 4.57 Å². The zero-order valence-corrected chi connectivity index (χ0v) is 10.6. The molecule has 0 atom stereocenters. The highest BCUT2D eigenvalue weighted by Gasteiger charge is 2.03. The van der Waals surface area contributed by atoms with Crippen LogP contribution >= 0.6 is 23.2 Å². The summed E-state index contributed by atoms with van der Waals surface area (Å²) in [7, 11) is 0. The molecule has 0 saturated heterocycles. The van der Waals surface area contributed by atoms with Crippen molar-refractivity contribution in [2.24, 2.45) is 0 Å². The molecule has 0 unspecified atom stereocenters. The van der Waals surface area contributed by atoms with E-state index in [1.807, 2.05) is 29.0 Å². The Morgan fingerprint density at radius 1 is 1.24 bits per heavy atom. The maximum atomic E-state index is 10.7. The van der Waals surface area contributed by atoms with Crippen molar-refractivity contribution in [1.29, 1.82) is 0 Å². The van der Waals surface area contributed by atoms with Crippen molar-refractivity contribution in [2.45, 2.75) is 13.0 Å². The fraction of sp³-hybridized carbons (Fsp3) is 0.154. The van der Waals surface area contributed by atoms with Gasteiger partial charge in [-0.2, -0.15) is 0 Å². The Balaban J connectivity index is 2.10. The summed E-state index contributed by atoms with van der Waals surface area (Å²) >= 11 is 11.9. The number of rotatable bonds is 4. The first-order chi connectivity index (χ1) is 8.20. The van der Waals surface area contributed by atoms with Crippen LogP contribution in [-0.2, 0) is 13.0 Å². The highest BCUT2D eigenvalue weighted by atomic mass is 35.5. The van der Waals surface area contributed by atoms with Gasteiger partial charge in [0.05, 0.1) is 5.69 Å². The second-order valence-electron chi connectivity index (χ2n) is 3.73. The summed E-state index contributed by atoms with van der Waals surface area (Å²) in [4.78, 5) is 10.7. The minimum absolute atomic E-state index is 0.633. The van der Waals surface area contributed by atoms with Gasteiger partial charge in [-0.25, -0.2) is 0 Å². The lowest BCUT2D eigenvalue weighted by atomic mass is 10.1. The van der Waals surface area contributed by atoms with Gasteiger partial charge in [0.15, 0.2) is 6.29 Å². The molecule has 0 amide bonds. The quantitative estimate of drug-likeness (QED) is 0.772. The van der Waals surface area contributed by atoms with Gasteiger partial charge >= 0.3 is 0 Å². The first-order valence-corrected chi connectivity index (χ1v) is 6.00. The van der Waals surface area contributed by atoms with E-state index in [0.29, 0.717) is 15.7 Å². The molecule has 0 fully saturated rings. The van der Waals surface area contributed by atoms with E-state index in [-0.39, 0.29) is 0 Å². The van der Waals surface area contributed by atoms with Crippen LogP contribution in [0.1, 0.15) is 16.1 Å². The molecule has 0 spiro atoms. The van der Waals surface area contributed by atoms with Crippen molar-refractivity contribution >= 4 is 29.5 Å². The second kappa shape index (κ2) is 5.39. The van der Waals surface area contributed by atoms with Gasteiger partial charge in [0, 0.05) is 22.8 Å². The van der Waals surface area contributed by atoms with Crippen LogP contribution in [0.5, 0.6) is 0 Å². The van der Waals surface area contributed by atoms with Crippen molar-refractivity contribution in [3.63, 3.8) is 0 Å². The standard InChI is InChI=1S/C13H11Cl2NO/c14-11-4-3-10(13(15)8-11)5-7-16-6-1-2-12(16)9-17/h1-4,6,8-9H,5,7H2. The summed E-state index contributed by atoms with van der Waals surface area (Å²) in [5.41, 5.74) is 1.71. The molecular formula is C13H11Cl2NO. The Bertz CT molecular complexity index is 534. The van der Waals surface area contributed by atoms with Crippen LogP contribution in [0.15, 0.2) is 36.5 Å². The monoisotopic (exact) mass is 267 g/mol. The van der Waals surface area contributed by atoms with E-state index < -0.39 is 0 Å². The number of aldehydes is 1. The minimum atomic E-state index is 0.633. The summed E-state index contributed by atoms with van der Waals surface area (Å²) < 4.78 is 1.90. The van der Waals surface area contributed by atoms with Crippen LogP contribution in [0.4, 0.5) is 0 Å². The van der Waals surface area contributed by atoms with Gasteiger partial charge in [0.2, 0.25) is 0 Å². The molecule has 0 saturated carbocycles. The predicted molar refractivity (Wildman–Crippen MR) is 70.0 cm³/mol. The van der Waals surface area contributed by atoms with E-state index in [9.17, 15) is 4.79 Å². The van der Waals surface area contributed by atoms with Crippen LogP contribution in [0.3, 0.4) is 0 Å². The van der Waals surface area contributed by atoms with Gasteiger partial charge in [0.25, 0.3) is 0 Å². The van der Waals surface area contributed by atoms with E-state index >= 15 is 0 Å². The van der Waals surface area contributed by atoms with Crippen molar-refractivity contribution in [3.05, 3.63) is 57.8 Å². The van der Waals surface area contributed by atoms with Crippen molar-refractivity contribution in [3.8, 4) is 0 Å². The number of aryl methyl sites for hydroxylation is 2. The SMILES string of the molecule is O=Cc1cccn1CCc1ccc(Cl)cc1Cl. The topological polar surface area (TPSA) is 22.0 Å². The summed E-state index contributed by atoms with van der Waals surface area (Å²) in [5, 5.41) is 1.30. The molecule has 0 radical (unpaired) electrons. The summed E-state index contributed by atoms with van der Waals surface area (Å²) in [6.45, 7) is 0.725. The zero-order chi connectivity index (χ0) is 12.3. The van der Waals surface area contributed by atoms with Gasteiger partial charge in [-0.1, -0.05) is 29.3 Å². The van der Waals surface area contributed by atoms with Crippen molar-refractivity contribution in [2.75, 3.05) is 0 Å². The Morgan fingerprint density at radius 2 is 2.06 bits per heavy atom. The van der Waals surface area contributed by atoms with Crippen LogP contribution in [0, 0.1) is 0 Å². The number of hydrogen-bond donors (Lipinski definition) is 0. The lowest BCUT2D eigenvalue weighted by molar-refractivity contribution is 0.111. The number of aromatic nitrogens is 1. The first-order valence-electron chi connectivity index (χ1n) is 5.25. The van der Waals surface area contributed by atoms with Crippen LogP contribution in [-0.4, -0.2) is 10.9 Å². The Labute approximate surface area is 110 Å². The number of nitrogens with zero attached hydrogens (tertiary/aromatic N) is 1. The molecule has 2 rings (SSSR count). The van der Waals surface area contributed by atoms with Gasteiger partial charge < -0.3 is 4.57 Å². The maximum absolute atomic E-state index is 10.7. The van der Waals surface area contributed by atoms with E-state index in [1.54, 1.807) is 12.1 Å². The third-order valence-corrected chi connectivity index (χ3v) is 3.21. The smallest absolute Gasteiger partial charge is 0.166 e. The van der Waals surface area contributed by atoms with E-state index in [4.69, 9.17) is 23.2 Å². The highest BCUT2D eigenvalue weighted by Crippen LogP contribution is 2.21. The average Bonchev–Trinajstić information content (AvgIpc) is 2.75. The third kappa shape index (κ3) is 2.90. The molecule has 4 heteroatoms. The molecule has 1 aromatic carbocycles. The second-order valence-corrected chi connectivity index (χ2v) is 4.57. The summed E-state index contributed by atoms with van der Waals surface area (Å²) in [5.74, 6) is 0. The summed E-state index contributed by atoms with van der Waals surface area (Å²) in [6, 6.07) is 9.10. The Kier molecular flexibility index (Phi) is 3.87. The molecule has 1 heterocycles. The van der Waals surface area contributed by atoms with E-state index in [2.05, 4.69) is 0 Å². The normalized spacial score (nSPS) is 10.5. The first kappa shape index (κ1) is 12.2. The lowest BCUT2D eigenvalue weighted by Crippen LogP contribution is -2.03.